The number of likely N-dealkylation sites (N-methyl/N-ethyl adjacent to an activating group) is 2. The van der Waals surface area contributed by atoms with Crippen molar-refractivity contribution >= 4 is 24.2 Å². The number of amides is 1. The lowest BCUT2D eigenvalue weighted by atomic mass is 9.73. The first-order chi connectivity index (χ1) is 18.0. The molecule has 1 saturated heterocycles. The van der Waals surface area contributed by atoms with Crippen LogP contribution in [0.1, 0.15) is 60.0 Å². The molecule has 0 saturated carbocycles. The SMILES string of the molecule is CNC(=O)C(CCC=O)N(C)Cc1c(C=O)ccc2c1OCC21CCN(C/C(=C/N)C2=NCCC2)CC1. The Kier molecular flexibility index (Phi) is 8.76. The highest BCUT2D eigenvalue weighted by Gasteiger charge is 2.44. The first kappa shape index (κ1) is 27.0. The molecule has 1 unspecified atom stereocenters. The smallest absolute Gasteiger partial charge is 0.237 e. The first-order valence-electron chi connectivity index (χ1n) is 13.2. The van der Waals surface area contributed by atoms with E-state index < -0.39 is 6.04 Å². The maximum absolute atomic E-state index is 12.5. The fourth-order valence-electron chi connectivity index (χ4n) is 5.93. The summed E-state index contributed by atoms with van der Waals surface area (Å²) in [6, 6.07) is 3.45. The van der Waals surface area contributed by atoms with Crippen LogP contribution in [0.15, 0.2) is 28.9 Å². The Bertz CT molecular complexity index is 1070. The van der Waals surface area contributed by atoms with Crippen LogP contribution in [0.4, 0.5) is 0 Å². The molecule has 1 spiro atoms. The Morgan fingerprint density at radius 2 is 2.11 bits per heavy atom. The molecule has 4 rings (SSSR count). The molecule has 9 heteroatoms. The second kappa shape index (κ2) is 12.0. The zero-order valence-corrected chi connectivity index (χ0v) is 22.0. The first-order valence-corrected chi connectivity index (χ1v) is 13.2. The number of piperidine rings is 1. The highest BCUT2D eigenvalue weighted by molar-refractivity contribution is 6.01. The number of benzene rings is 1. The third-order valence-electron chi connectivity index (χ3n) is 8.19. The van der Waals surface area contributed by atoms with Crippen LogP contribution in [0.5, 0.6) is 5.75 Å². The standard InChI is InChI=1S/C28H39N5O4/c1-30-27(36)25(6-4-14-34)32(2)17-22-20(18-35)7-8-23-26(22)37-19-28(23)9-12-33(13-10-28)16-21(15-29)24-5-3-11-31-24/h7-8,14-15,18,25H,3-6,9-13,16-17,19,29H2,1-2H3,(H,30,36)/b21-15-. The number of nitrogens with two attached hydrogens (primary N) is 1. The van der Waals surface area contributed by atoms with Gasteiger partial charge in [0.25, 0.3) is 0 Å². The summed E-state index contributed by atoms with van der Waals surface area (Å²) in [6.07, 6.45) is 8.13. The quantitative estimate of drug-likeness (QED) is 0.437. The zero-order valence-electron chi connectivity index (χ0n) is 22.0. The molecule has 9 nitrogen and oxygen atoms in total. The third-order valence-corrected chi connectivity index (χ3v) is 8.19. The summed E-state index contributed by atoms with van der Waals surface area (Å²) in [4.78, 5) is 44.4. The van der Waals surface area contributed by atoms with Crippen molar-refractivity contribution in [2.75, 3.05) is 46.9 Å². The zero-order chi connectivity index (χ0) is 26.4. The minimum Gasteiger partial charge on any atom is -0.492 e. The molecule has 3 aliphatic rings. The molecule has 37 heavy (non-hydrogen) atoms. The molecular formula is C28H39N5O4. The molecule has 3 heterocycles. The molecule has 0 aromatic heterocycles. The number of carbonyl (C=O) groups excluding carboxylic acids is 3. The maximum atomic E-state index is 12.5. The fourth-order valence-corrected chi connectivity index (χ4v) is 5.93. The maximum Gasteiger partial charge on any atom is 0.237 e. The van der Waals surface area contributed by atoms with Gasteiger partial charge in [0.2, 0.25) is 5.91 Å². The lowest BCUT2D eigenvalue weighted by molar-refractivity contribution is -0.126. The van der Waals surface area contributed by atoms with Crippen LogP contribution in [0.3, 0.4) is 0 Å². The van der Waals surface area contributed by atoms with Crippen molar-refractivity contribution in [2.45, 2.75) is 56.5 Å². The van der Waals surface area contributed by atoms with E-state index in [0.717, 1.165) is 92.6 Å². The van der Waals surface area contributed by atoms with Crippen LogP contribution in [0.2, 0.25) is 0 Å². The largest absolute Gasteiger partial charge is 0.492 e. The molecule has 1 amide bonds. The topological polar surface area (TPSA) is 117 Å². The van der Waals surface area contributed by atoms with Crippen LogP contribution in [0, 0.1) is 0 Å². The van der Waals surface area contributed by atoms with Crippen molar-refractivity contribution in [3.63, 3.8) is 0 Å². The number of aliphatic imine (C=N–C) groups is 1. The lowest BCUT2D eigenvalue weighted by Gasteiger charge is -2.39. The Morgan fingerprint density at radius 1 is 1.32 bits per heavy atom. The number of fused-ring (bicyclic) bond motifs is 2. The van der Waals surface area contributed by atoms with Gasteiger partial charge in [-0.05, 0) is 52.2 Å². The summed E-state index contributed by atoms with van der Waals surface area (Å²) in [5.41, 5.74) is 10.7. The van der Waals surface area contributed by atoms with Crippen molar-refractivity contribution in [3.05, 3.63) is 40.6 Å². The van der Waals surface area contributed by atoms with E-state index in [1.54, 1.807) is 13.2 Å². The van der Waals surface area contributed by atoms with Gasteiger partial charge in [-0.2, -0.15) is 0 Å². The second-order valence-electron chi connectivity index (χ2n) is 10.4. The van der Waals surface area contributed by atoms with E-state index in [2.05, 4.69) is 15.2 Å². The highest BCUT2D eigenvalue weighted by Crippen LogP contribution is 2.48. The number of rotatable bonds is 11. The van der Waals surface area contributed by atoms with Crippen LogP contribution >= 0.6 is 0 Å². The van der Waals surface area contributed by atoms with Crippen LogP contribution in [-0.2, 0) is 21.5 Å². The van der Waals surface area contributed by atoms with E-state index in [1.807, 2.05) is 24.1 Å². The average Bonchev–Trinajstić information content (AvgIpc) is 3.58. The van der Waals surface area contributed by atoms with Crippen molar-refractivity contribution in [1.29, 1.82) is 0 Å². The van der Waals surface area contributed by atoms with Gasteiger partial charge >= 0.3 is 0 Å². The van der Waals surface area contributed by atoms with Gasteiger partial charge in [-0.15, -0.1) is 0 Å². The summed E-state index contributed by atoms with van der Waals surface area (Å²) in [5, 5.41) is 2.69. The van der Waals surface area contributed by atoms with Crippen molar-refractivity contribution in [3.8, 4) is 5.75 Å². The third kappa shape index (κ3) is 5.62. The number of aldehydes is 2. The Labute approximate surface area is 219 Å². The molecule has 3 N–H and O–H groups in total. The molecule has 0 bridgehead atoms. The second-order valence-corrected chi connectivity index (χ2v) is 10.4. The Hall–Kier alpha value is -3.04. The van der Waals surface area contributed by atoms with Gasteiger partial charge in [0, 0.05) is 72.7 Å². The molecule has 200 valence electrons. The summed E-state index contributed by atoms with van der Waals surface area (Å²) < 4.78 is 6.32. The summed E-state index contributed by atoms with van der Waals surface area (Å²) in [7, 11) is 3.44. The number of nitrogens with one attached hydrogen (secondary N) is 1. The predicted octanol–water partition coefficient (Wildman–Crippen LogP) is 1.83. The minimum absolute atomic E-state index is 0.0875. The Morgan fingerprint density at radius 3 is 2.73 bits per heavy atom. The molecular weight excluding hydrogens is 470 g/mol. The van der Waals surface area contributed by atoms with Gasteiger partial charge in [-0.25, -0.2) is 0 Å². The Balaban J connectivity index is 1.51. The summed E-state index contributed by atoms with van der Waals surface area (Å²) >= 11 is 0. The number of hydrogen-bond acceptors (Lipinski definition) is 8. The normalized spacial score (nSPS) is 19.9. The van der Waals surface area contributed by atoms with Gasteiger partial charge in [-0.3, -0.25) is 24.4 Å². The van der Waals surface area contributed by atoms with Crippen LogP contribution in [-0.4, -0.2) is 86.9 Å². The molecule has 1 atom stereocenters. The lowest BCUT2D eigenvalue weighted by Crippen LogP contribution is -2.44. The van der Waals surface area contributed by atoms with E-state index in [1.165, 1.54) is 0 Å². The molecule has 1 aromatic rings. The summed E-state index contributed by atoms with van der Waals surface area (Å²) in [6.45, 7) is 4.55. The van der Waals surface area contributed by atoms with Crippen molar-refractivity contribution < 1.29 is 19.1 Å². The minimum atomic E-state index is -0.474. The number of carbonyl (C=O) groups is 3. The predicted molar refractivity (Wildman–Crippen MR) is 143 cm³/mol. The summed E-state index contributed by atoms with van der Waals surface area (Å²) in [5.74, 6) is 0.627. The number of likely N-dealkylation sites (tertiary alicyclic amines) is 1. The molecule has 3 aliphatic heterocycles. The number of nitrogens with zero attached hydrogens (tertiary/aromatic N) is 3. The van der Waals surface area contributed by atoms with Crippen LogP contribution < -0.4 is 15.8 Å². The van der Waals surface area contributed by atoms with Crippen molar-refractivity contribution in [2.24, 2.45) is 10.7 Å². The van der Waals surface area contributed by atoms with Crippen molar-refractivity contribution in [1.82, 2.24) is 15.1 Å². The fraction of sp³-hybridized carbons (Fsp3) is 0.571. The van der Waals surface area contributed by atoms with Gasteiger partial charge in [0.05, 0.1) is 12.6 Å². The molecule has 0 radical (unpaired) electrons. The molecule has 1 fully saturated rings. The molecule has 0 aliphatic carbocycles. The molecule has 1 aromatic carbocycles. The van der Waals surface area contributed by atoms with Gasteiger partial charge in [0.1, 0.15) is 12.0 Å². The van der Waals surface area contributed by atoms with E-state index >= 15 is 0 Å². The van der Waals surface area contributed by atoms with E-state index in [9.17, 15) is 14.4 Å². The monoisotopic (exact) mass is 509 g/mol. The highest BCUT2D eigenvalue weighted by atomic mass is 16.5. The van der Waals surface area contributed by atoms with E-state index in [-0.39, 0.29) is 11.3 Å². The number of ether oxygens (including phenoxy) is 1. The van der Waals surface area contributed by atoms with Gasteiger partial charge in [0.15, 0.2) is 6.29 Å². The van der Waals surface area contributed by atoms with Gasteiger partial charge < -0.3 is 20.6 Å². The average molecular weight is 510 g/mol. The van der Waals surface area contributed by atoms with E-state index in [0.29, 0.717) is 31.6 Å². The van der Waals surface area contributed by atoms with Crippen LogP contribution in [0.25, 0.3) is 0 Å². The number of hydrogen-bond donors (Lipinski definition) is 2. The van der Waals surface area contributed by atoms with E-state index in [4.69, 9.17) is 10.5 Å². The van der Waals surface area contributed by atoms with Gasteiger partial charge in [-0.1, -0.05) is 12.1 Å².